The zero-order valence-corrected chi connectivity index (χ0v) is 9.22. The molecular weight excluding hydrogens is 300 g/mol. The quantitative estimate of drug-likeness (QED) is 0.811. The normalized spacial score (nSPS) is 14.6. The Labute approximate surface area is 96.9 Å². The van der Waals surface area contributed by atoms with Crippen LogP contribution in [0.25, 0.3) is 5.95 Å². The van der Waals surface area contributed by atoms with Crippen LogP contribution in [0.3, 0.4) is 0 Å². The zero-order valence-electron chi connectivity index (χ0n) is 10.0. The van der Waals surface area contributed by atoms with Crippen molar-refractivity contribution < 1.29 is 5.48 Å². The van der Waals surface area contributed by atoms with Gasteiger partial charge in [0.25, 0.3) is 5.95 Å². The molecule has 0 saturated carbocycles. The van der Waals surface area contributed by atoms with Crippen molar-refractivity contribution >= 4 is 31.9 Å². The Hall–Kier alpha value is -0.750. The minimum atomic E-state index is -0.169. The molecule has 0 atom stereocenters. The summed E-state index contributed by atoms with van der Waals surface area (Å²) >= 11 is 6.03. The Morgan fingerprint density at radius 3 is 2.38 bits per heavy atom. The molecule has 0 aromatic carbocycles. The highest BCUT2D eigenvalue weighted by atomic mass is 79.9. The van der Waals surface area contributed by atoms with Crippen LogP contribution in [0.15, 0.2) is 33.6 Å². The molecular formula is C7H4Br2N4. The summed E-state index contributed by atoms with van der Waals surface area (Å²) in [6.45, 7) is 0. The van der Waals surface area contributed by atoms with Gasteiger partial charge in [0.1, 0.15) is 0 Å². The van der Waals surface area contributed by atoms with Gasteiger partial charge in [0.15, 0.2) is 0 Å². The molecule has 0 bridgehead atoms. The lowest BCUT2D eigenvalue weighted by molar-refractivity contribution is 0.806. The van der Waals surface area contributed by atoms with Crippen LogP contribution in [-0.2, 0) is 0 Å². The minimum Gasteiger partial charge on any atom is -0.218 e. The fourth-order valence-corrected chi connectivity index (χ4v) is 1.10. The van der Waals surface area contributed by atoms with Crippen molar-refractivity contribution in [3.63, 3.8) is 0 Å². The number of aromatic nitrogens is 4. The van der Waals surface area contributed by atoms with E-state index < -0.39 is 0 Å². The van der Waals surface area contributed by atoms with E-state index in [9.17, 15) is 0 Å². The molecule has 6 heteroatoms. The second kappa shape index (κ2) is 3.55. The van der Waals surface area contributed by atoms with Crippen LogP contribution < -0.4 is 0 Å². The van der Waals surface area contributed by atoms with E-state index in [-0.39, 0.29) is 39.6 Å². The summed E-state index contributed by atoms with van der Waals surface area (Å²) in [5.41, 5.74) is 0. The lowest BCUT2D eigenvalue weighted by Gasteiger charge is -1.96. The van der Waals surface area contributed by atoms with Crippen molar-refractivity contribution in [3.05, 3.63) is 33.6 Å². The first-order valence-corrected chi connectivity index (χ1v) is 4.73. The first kappa shape index (κ1) is 5.21. The standard InChI is InChI=1S/C7H4Br2N4/c8-5-1-10-7(11-2-5)13-4-6(9)3-12-13/h1-4H/i1D,2D,3D,4D. The molecule has 0 fully saturated rings. The summed E-state index contributed by atoms with van der Waals surface area (Å²) in [6.07, 6.45) is -0.564. The largest absolute Gasteiger partial charge is 0.250 e. The molecule has 0 N–H and O–H groups in total. The average molecular weight is 308 g/mol. The molecule has 2 aromatic heterocycles. The number of hydrogen-bond acceptors (Lipinski definition) is 3. The molecule has 2 rings (SSSR count). The van der Waals surface area contributed by atoms with Crippen LogP contribution in [0, 0.1) is 0 Å². The van der Waals surface area contributed by atoms with Crippen molar-refractivity contribution in [1.29, 1.82) is 0 Å². The van der Waals surface area contributed by atoms with Crippen molar-refractivity contribution in [3.8, 4) is 5.95 Å². The highest BCUT2D eigenvalue weighted by molar-refractivity contribution is 9.10. The third-order valence-corrected chi connectivity index (χ3v) is 1.86. The highest BCUT2D eigenvalue weighted by Gasteiger charge is 2.00. The summed E-state index contributed by atoms with van der Waals surface area (Å²) in [4.78, 5) is 7.57. The van der Waals surface area contributed by atoms with E-state index in [0.29, 0.717) is 0 Å². The Morgan fingerprint density at radius 1 is 1.15 bits per heavy atom. The van der Waals surface area contributed by atoms with E-state index in [1.807, 2.05) is 0 Å². The van der Waals surface area contributed by atoms with Crippen LogP contribution in [0.2, 0.25) is 0 Å². The second-order valence-electron chi connectivity index (χ2n) is 2.01. The van der Waals surface area contributed by atoms with Gasteiger partial charge >= 0.3 is 0 Å². The molecule has 0 aliphatic heterocycles. The maximum Gasteiger partial charge on any atom is 0.250 e. The molecule has 0 radical (unpaired) electrons. The van der Waals surface area contributed by atoms with Crippen LogP contribution >= 0.6 is 31.9 Å². The Bertz CT molecular complexity index is 577. The van der Waals surface area contributed by atoms with E-state index in [1.54, 1.807) is 0 Å². The van der Waals surface area contributed by atoms with E-state index >= 15 is 0 Å². The van der Waals surface area contributed by atoms with Gasteiger partial charge in [-0.15, -0.1) is 0 Å². The van der Waals surface area contributed by atoms with Crippen molar-refractivity contribution in [2.75, 3.05) is 0 Å². The molecule has 4 nitrogen and oxygen atoms in total. The molecule has 0 spiro atoms. The molecule has 0 unspecified atom stereocenters. The fraction of sp³-hybridized carbons (Fsp3) is 0. The predicted molar refractivity (Wildman–Crippen MR) is 54.6 cm³/mol. The van der Waals surface area contributed by atoms with E-state index in [4.69, 9.17) is 5.48 Å². The van der Waals surface area contributed by atoms with Crippen LogP contribution in [0.4, 0.5) is 0 Å². The third-order valence-electron chi connectivity index (χ3n) is 1.15. The monoisotopic (exact) mass is 306 g/mol. The summed E-state index contributed by atoms with van der Waals surface area (Å²) in [7, 11) is 0. The summed E-state index contributed by atoms with van der Waals surface area (Å²) in [5, 5.41) is 3.73. The second-order valence-corrected chi connectivity index (χ2v) is 3.60. The smallest absolute Gasteiger partial charge is 0.218 e. The lowest BCUT2D eigenvalue weighted by atomic mass is 10.7. The Balaban J connectivity index is 2.65. The molecule has 0 amide bonds. The SMILES string of the molecule is [2H]c1nc(-n2nc([2H])c(Br)c2[2H])nc([2H])c1Br. The molecule has 13 heavy (non-hydrogen) atoms. The summed E-state index contributed by atoms with van der Waals surface area (Å²) in [5.74, 6) is -0.0765. The summed E-state index contributed by atoms with van der Waals surface area (Å²) < 4.78 is 31.5. The van der Waals surface area contributed by atoms with Gasteiger partial charge in [-0.25, -0.2) is 14.6 Å². The topological polar surface area (TPSA) is 43.6 Å². The molecule has 66 valence electrons. The number of halogens is 2. The number of rotatable bonds is 1. The predicted octanol–water partition coefficient (Wildman–Crippen LogP) is 2.19. The van der Waals surface area contributed by atoms with Gasteiger partial charge in [-0.05, 0) is 31.9 Å². The molecule has 0 aliphatic rings. The van der Waals surface area contributed by atoms with Gasteiger partial charge < -0.3 is 0 Å². The first-order chi connectivity index (χ1) is 7.91. The molecule has 0 saturated heterocycles. The number of hydrogen-bond donors (Lipinski definition) is 0. The van der Waals surface area contributed by atoms with E-state index in [0.717, 1.165) is 4.68 Å². The van der Waals surface area contributed by atoms with Crippen LogP contribution in [0.1, 0.15) is 5.48 Å². The van der Waals surface area contributed by atoms with Gasteiger partial charge in [-0.1, -0.05) is 0 Å². The number of nitrogens with zero attached hydrogens (tertiary/aromatic N) is 4. The molecule has 0 aliphatic carbocycles. The van der Waals surface area contributed by atoms with Gasteiger partial charge in [-0.3, -0.25) is 0 Å². The lowest BCUT2D eigenvalue weighted by Crippen LogP contribution is -2.00. The highest BCUT2D eigenvalue weighted by Crippen LogP contribution is 2.10. The van der Waals surface area contributed by atoms with E-state index in [2.05, 4.69) is 46.9 Å². The zero-order chi connectivity index (χ0) is 12.7. The molecule has 2 heterocycles. The van der Waals surface area contributed by atoms with Crippen LogP contribution in [0.5, 0.6) is 0 Å². The van der Waals surface area contributed by atoms with Gasteiger partial charge in [0.05, 0.1) is 20.6 Å². The average Bonchev–Trinajstić information content (AvgIpc) is 2.53. The minimum absolute atomic E-state index is 0.0765. The van der Waals surface area contributed by atoms with E-state index in [1.165, 1.54) is 0 Å². The van der Waals surface area contributed by atoms with Crippen molar-refractivity contribution in [1.82, 2.24) is 19.7 Å². The van der Waals surface area contributed by atoms with Crippen molar-refractivity contribution in [2.24, 2.45) is 0 Å². The fourth-order valence-electron chi connectivity index (χ4n) is 0.674. The molecule has 2 aromatic rings. The van der Waals surface area contributed by atoms with Gasteiger partial charge in [0.2, 0.25) is 0 Å². The third kappa shape index (κ3) is 1.94. The van der Waals surface area contributed by atoms with Gasteiger partial charge in [0, 0.05) is 18.5 Å². The summed E-state index contributed by atoms with van der Waals surface area (Å²) in [6, 6.07) is 0. The first-order valence-electron chi connectivity index (χ1n) is 5.14. The Kier molecular flexibility index (Phi) is 1.42. The van der Waals surface area contributed by atoms with Crippen LogP contribution in [-0.4, -0.2) is 19.7 Å². The maximum absolute atomic E-state index is 7.67. The maximum atomic E-state index is 7.67. The van der Waals surface area contributed by atoms with Gasteiger partial charge in [-0.2, -0.15) is 5.10 Å². The van der Waals surface area contributed by atoms with Crippen molar-refractivity contribution in [2.45, 2.75) is 0 Å². The Morgan fingerprint density at radius 2 is 1.85 bits per heavy atom.